The van der Waals surface area contributed by atoms with Crippen molar-refractivity contribution in [1.29, 1.82) is 0 Å². The minimum atomic E-state index is -0.278. The van der Waals surface area contributed by atoms with Crippen molar-refractivity contribution in [2.45, 2.75) is 0 Å². The Bertz CT molecular complexity index is 647. The normalized spacial score (nSPS) is 11.2. The van der Waals surface area contributed by atoms with Crippen LogP contribution in [0.2, 0.25) is 0 Å². The second kappa shape index (κ2) is 9.47. The molecule has 0 amide bonds. The fourth-order valence-corrected chi connectivity index (χ4v) is 1.52. The predicted octanol–water partition coefficient (Wildman–Crippen LogP) is 5.27. The highest BCUT2D eigenvalue weighted by molar-refractivity contribution is 5.85. The highest BCUT2D eigenvalue weighted by Crippen LogP contribution is 2.11. The second-order valence-electron chi connectivity index (χ2n) is 4.15. The third-order valence-electron chi connectivity index (χ3n) is 2.55. The van der Waals surface area contributed by atoms with Gasteiger partial charge in [0.2, 0.25) is 0 Å². The molecule has 0 aliphatic carbocycles. The number of aliphatic imine (C=N–C) groups is 1. The van der Waals surface area contributed by atoms with Crippen LogP contribution in [0.1, 0.15) is 0 Å². The first kappa shape index (κ1) is 17.6. The molecule has 0 aliphatic heterocycles. The molecule has 0 saturated heterocycles. The molecular formula is C17H15ClF2N2. The van der Waals surface area contributed by atoms with E-state index in [1.807, 2.05) is 0 Å². The molecule has 0 heterocycles. The first-order valence-electron chi connectivity index (χ1n) is 6.37. The molecule has 2 nitrogen and oxygen atoms in total. The van der Waals surface area contributed by atoms with E-state index in [9.17, 15) is 8.78 Å². The molecule has 22 heavy (non-hydrogen) atoms. The zero-order chi connectivity index (χ0) is 14.9. The van der Waals surface area contributed by atoms with Gasteiger partial charge in [0, 0.05) is 18.1 Å². The van der Waals surface area contributed by atoms with Gasteiger partial charge in [0.15, 0.2) is 0 Å². The highest BCUT2D eigenvalue weighted by Gasteiger charge is 1.89. The first-order valence-corrected chi connectivity index (χ1v) is 6.37. The van der Waals surface area contributed by atoms with E-state index in [1.165, 1.54) is 24.3 Å². The lowest BCUT2D eigenvalue weighted by Gasteiger charge is -1.98. The Morgan fingerprint density at radius 2 is 1.36 bits per heavy atom. The number of hydrogen-bond acceptors (Lipinski definition) is 2. The maximum atomic E-state index is 12.7. The average Bonchev–Trinajstić information content (AvgIpc) is 2.50. The van der Waals surface area contributed by atoms with E-state index < -0.39 is 0 Å². The molecule has 2 aromatic carbocycles. The SMILES string of the molecule is Cl.Fc1ccc(N=C/C=C/C=C/Nc2ccc(F)cc2)cc1. The number of nitrogens with zero attached hydrogens (tertiary/aromatic N) is 1. The quantitative estimate of drug-likeness (QED) is 0.589. The Kier molecular flexibility index (Phi) is 7.57. The predicted molar refractivity (Wildman–Crippen MR) is 90.1 cm³/mol. The van der Waals surface area contributed by atoms with Gasteiger partial charge in [0.25, 0.3) is 0 Å². The van der Waals surface area contributed by atoms with Crippen LogP contribution in [0.25, 0.3) is 0 Å². The second-order valence-corrected chi connectivity index (χ2v) is 4.15. The molecular weight excluding hydrogens is 306 g/mol. The zero-order valence-electron chi connectivity index (χ0n) is 11.6. The summed E-state index contributed by atoms with van der Waals surface area (Å²) >= 11 is 0. The largest absolute Gasteiger partial charge is 0.362 e. The summed E-state index contributed by atoms with van der Waals surface area (Å²) in [5.74, 6) is -0.541. The Morgan fingerprint density at radius 3 is 2.00 bits per heavy atom. The van der Waals surface area contributed by atoms with Crippen molar-refractivity contribution in [1.82, 2.24) is 0 Å². The minimum absolute atomic E-state index is 0. The van der Waals surface area contributed by atoms with Crippen molar-refractivity contribution in [2.75, 3.05) is 5.32 Å². The number of nitrogens with one attached hydrogen (secondary N) is 1. The molecule has 0 saturated carbocycles. The van der Waals surface area contributed by atoms with Gasteiger partial charge in [0.1, 0.15) is 11.6 Å². The van der Waals surface area contributed by atoms with Gasteiger partial charge < -0.3 is 5.32 Å². The number of hydrogen-bond donors (Lipinski definition) is 1. The van der Waals surface area contributed by atoms with E-state index in [2.05, 4.69) is 10.3 Å². The summed E-state index contributed by atoms with van der Waals surface area (Å²) in [7, 11) is 0. The summed E-state index contributed by atoms with van der Waals surface area (Å²) in [5.41, 5.74) is 1.50. The first-order chi connectivity index (χ1) is 10.2. The van der Waals surface area contributed by atoms with Crippen LogP contribution in [0.5, 0.6) is 0 Å². The molecule has 0 radical (unpaired) electrons. The number of allylic oxidation sites excluding steroid dienone is 3. The van der Waals surface area contributed by atoms with Crippen molar-refractivity contribution in [3.63, 3.8) is 0 Å². The molecule has 0 spiro atoms. The number of halogens is 3. The molecule has 2 aromatic rings. The van der Waals surface area contributed by atoms with E-state index in [4.69, 9.17) is 0 Å². The molecule has 5 heteroatoms. The van der Waals surface area contributed by atoms with Crippen molar-refractivity contribution in [3.05, 3.63) is 84.6 Å². The molecule has 1 N–H and O–H groups in total. The smallest absolute Gasteiger partial charge is 0.123 e. The third-order valence-corrected chi connectivity index (χ3v) is 2.55. The van der Waals surface area contributed by atoms with Crippen LogP contribution in [0.4, 0.5) is 20.2 Å². The summed E-state index contributed by atoms with van der Waals surface area (Å²) in [5, 5.41) is 3.00. The molecule has 2 rings (SSSR count). The Morgan fingerprint density at radius 1 is 0.773 bits per heavy atom. The van der Waals surface area contributed by atoms with E-state index in [1.54, 1.807) is 54.9 Å². The van der Waals surface area contributed by atoms with Gasteiger partial charge in [-0.2, -0.15) is 0 Å². The summed E-state index contributed by atoms with van der Waals surface area (Å²) in [6, 6.07) is 12.0. The standard InChI is InChI=1S/C17H14F2N2.ClH/c18-14-4-8-16(9-5-14)20-12-2-1-3-13-21-17-10-6-15(19)7-11-17;/h1-13,20H;1H/b3-1+,12-2+,21-13?;. The van der Waals surface area contributed by atoms with Gasteiger partial charge in [-0.3, -0.25) is 4.99 Å². The molecule has 0 aliphatic rings. The van der Waals surface area contributed by atoms with Crippen LogP contribution in [-0.4, -0.2) is 6.21 Å². The monoisotopic (exact) mass is 320 g/mol. The number of rotatable bonds is 5. The van der Waals surface area contributed by atoms with Gasteiger partial charge in [-0.15, -0.1) is 12.4 Å². The van der Waals surface area contributed by atoms with E-state index >= 15 is 0 Å². The van der Waals surface area contributed by atoms with Crippen LogP contribution >= 0.6 is 12.4 Å². The van der Waals surface area contributed by atoms with Gasteiger partial charge in [-0.25, -0.2) is 8.78 Å². The van der Waals surface area contributed by atoms with Crippen LogP contribution in [0, 0.1) is 11.6 Å². The van der Waals surface area contributed by atoms with Crippen molar-refractivity contribution in [3.8, 4) is 0 Å². The van der Waals surface area contributed by atoms with E-state index in [-0.39, 0.29) is 24.0 Å². The lowest BCUT2D eigenvalue weighted by Crippen LogP contribution is -1.86. The Labute approximate surface area is 134 Å². The average molecular weight is 321 g/mol. The van der Waals surface area contributed by atoms with Crippen molar-refractivity contribution >= 4 is 30.0 Å². The maximum absolute atomic E-state index is 12.7. The minimum Gasteiger partial charge on any atom is -0.362 e. The van der Waals surface area contributed by atoms with E-state index in [0.29, 0.717) is 5.69 Å². The summed E-state index contributed by atoms with van der Waals surface area (Å²) in [6.07, 6.45) is 8.70. The fraction of sp³-hybridized carbons (Fsp3) is 0. The van der Waals surface area contributed by atoms with E-state index in [0.717, 1.165) is 5.69 Å². The van der Waals surface area contributed by atoms with Crippen molar-refractivity contribution in [2.24, 2.45) is 4.99 Å². The van der Waals surface area contributed by atoms with Crippen molar-refractivity contribution < 1.29 is 8.78 Å². The molecule has 0 atom stereocenters. The topological polar surface area (TPSA) is 24.4 Å². The molecule has 114 valence electrons. The lowest BCUT2D eigenvalue weighted by atomic mass is 10.3. The highest BCUT2D eigenvalue weighted by atomic mass is 35.5. The van der Waals surface area contributed by atoms with Crippen LogP contribution in [0.3, 0.4) is 0 Å². The molecule has 0 bridgehead atoms. The summed E-state index contributed by atoms with van der Waals surface area (Å²) < 4.78 is 25.4. The van der Waals surface area contributed by atoms with Gasteiger partial charge >= 0.3 is 0 Å². The zero-order valence-corrected chi connectivity index (χ0v) is 12.4. The van der Waals surface area contributed by atoms with Crippen LogP contribution < -0.4 is 5.32 Å². The Hall–Kier alpha value is -2.46. The summed E-state index contributed by atoms with van der Waals surface area (Å²) in [4.78, 5) is 4.14. The number of anilines is 1. The Balaban J connectivity index is 0.00000242. The molecule has 0 aromatic heterocycles. The third kappa shape index (κ3) is 6.33. The summed E-state index contributed by atoms with van der Waals surface area (Å²) in [6.45, 7) is 0. The number of benzene rings is 2. The molecule has 0 fully saturated rings. The van der Waals surface area contributed by atoms with Gasteiger partial charge in [-0.1, -0.05) is 6.08 Å². The van der Waals surface area contributed by atoms with Gasteiger partial charge in [0.05, 0.1) is 5.69 Å². The van der Waals surface area contributed by atoms with Crippen LogP contribution in [-0.2, 0) is 0 Å². The molecule has 0 unspecified atom stereocenters. The lowest BCUT2D eigenvalue weighted by molar-refractivity contribution is 0.627. The fourth-order valence-electron chi connectivity index (χ4n) is 1.52. The van der Waals surface area contributed by atoms with Crippen LogP contribution in [0.15, 0.2) is 78.0 Å². The maximum Gasteiger partial charge on any atom is 0.123 e. The van der Waals surface area contributed by atoms with Gasteiger partial charge in [-0.05, 0) is 60.7 Å².